The number of hydrogen-bond donors (Lipinski definition) is 1. The molecule has 0 atom stereocenters. The summed E-state index contributed by atoms with van der Waals surface area (Å²) in [7, 11) is 0. The van der Waals surface area contributed by atoms with E-state index in [2.05, 4.69) is 176 Å². The fraction of sp³-hybridized carbons (Fsp3) is 0. The third-order valence-corrected chi connectivity index (χ3v) is 7.92. The van der Waals surface area contributed by atoms with Gasteiger partial charge >= 0.3 is 0 Å². The van der Waals surface area contributed by atoms with Gasteiger partial charge in [-0.3, -0.25) is 0 Å². The predicted molar refractivity (Wildman–Crippen MR) is 183 cm³/mol. The highest BCUT2D eigenvalue weighted by atomic mass is 14.5. The van der Waals surface area contributed by atoms with Crippen molar-refractivity contribution < 1.29 is 0 Å². The van der Waals surface area contributed by atoms with E-state index in [1.54, 1.807) is 0 Å². The summed E-state index contributed by atoms with van der Waals surface area (Å²) in [6, 6.07) is 62.4. The van der Waals surface area contributed by atoms with E-state index in [1.807, 2.05) is 0 Å². The summed E-state index contributed by atoms with van der Waals surface area (Å²) in [6.07, 6.45) is 0. The number of hydrogen-bond acceptors (Lipinski definition) is 1. The van der Waals surface area contributed by atoms with Gasteiger partial charge in [-0.15, -0.1) is 0 Å². The molecule has 1 heteroatoms. The molecule has 2 N–H and O–H groups in total. The van der Waals surface area contributed by atoms with Crippen LogP contribution in [0.2, 0.25) is 0 Å². The van der Waals surface area contributed by atoms with Crippen molar-refractivity contribution in [2.24, 2.45) is 0 Å². The Bertz CT molecular complexity index is 1730. The summed E-state index contributed by atoms with van der Waals surface area (Å²) < 4.78 is 0. The Morgan fingerprint density at radius 1 is 0.209 bits per heavy atom. The molecule has 0 aliphatic heterocycles. The summed E-state index contributed by atoms with van der Waals surface area (Å²) in [4.78, 5) is 0. The van der Waals surface area contributed by atoms with Gasteiger partial charge in [0.1, 0.15) is 0 Å². The smallest absolute Gasteiger partial charge is 0.0326 e. The standard InChI is InChI=1S/C42H31N/c43-42-28-40(38-23-34(30-13-5-1-6-14-30)21-35(24-38)31-15-7-2-8-16-31)27-41(29-42)39-25-36(32-17-9-3-10-18-32)22-37(26-39)33-19-11-4-12-20-33/h1-29H,43H2. The second-order valence-corrected chi connectivity index (χ2v) is 10.9. The average Bonchev–Trinajstić information content (AvgIpc) is 3.09. The highest BCUT2D eigenvalue weighted by molar-refractivity contribution is 5.87. The quantitative estimate of drug-likeness (QED) is 0.205. The van der Waals surface area contributed by atoms with Crippen molar-refractivity contribution in [3.8, 4) is 66.8 Å². The molecule has 0 saturated heterocycles. The van der Waals surface area contributed by atoms with Crippen LogP contribution in [-0.2, 0) is 0 Å². The lowest BCUT2D eigenvalue weighted by atomic mass is 9.90. The highest BCUT2D eigenvalue weighted by Gasteiger charge is 2.12. The number of rotatable bonds is 6. The Balaban J connectivity index is 1.40. The Hall–Kier alpha value is -5.66. The van der Waals surface area contributed by atoms with Crippen molar-refractivity contribution in [1.82, 2.24) is 0 Å². The van der Waals surface area contributed by atoms with Gasteiger partial charge in [0.15, 0.2) is 0 Å². The normalized spacial score (nSPS) is 10.9. The summed E-state index contributed by atoms with van der Waals surface area (Å²) in [5.41, 5.74) is 21.3. The van der Waals surface area contributed by atoms with Crippen LogP contribution in [0.3, 0.4) is 0 Å². The van der Waals surface area contributed by atoms with Crippen LogP contribution in [-0.4, -0.2) is 0 Å². The molecule has 0 aliphatic rings. The topological polar surface area (TPSA) is 26.0 Å². The van der Waals surface area contributed by atoms with Crippen LogP contribution in [0.4, 0.5) is 5.69 Å². The van der Waals surface area contributed by atoms with Gasteiger partial charge in [0.25, 0.3) is 0 Å². The first kappa shape index (κ1) is 26.3. The van der Waals surface area contributed by atoms with Gasteiger partial charge in [0.05, 0.1) is 0 Å². The van der Waals surface area contributed by atoms with Gasteiger partial charge in [-0.05, 0) is 121 Å². The van der Waals surface area contributed by atoms with Crippen LogP contribution in [0, 0.1) is 0 Å². The Morgan fingerprint density at radius 2 is 0.395 bits per heavy atom. The third kappa shape index (κ3) is 5.75. The SMILES string of the molecule is Nc1cc(-c2cc(-c3ccccc3)cc(-c3ccccc3)c2)cc(-c2cc(-c3ccccc3)cc(-c3ccccc3)c2)c1. The second-order valence-electron chi connectivity index (χ2n) is 10.9. The molecule has 0 fully saturated rings. The minimum atomic E-state index is 0.741. The highest BCUT2D eigenvalue weighted by Crippen LogP contribution is 2.38. The molecular formula is C42H31N. The van der Waals surface area contributed by atoms with Gasteiger partial charge in [0, 0.05) is 5.69 Å². The molecule has 0 heterocycles. The van der Waals surface area contributed by atoms with Crippen LogP contribution in [0.5, 0.6) is 0 Å². The molecule has 7 rings (SSSR count). The Kier molecular flexibility index (Phi) is 7.13. The zero-order valence-corrected chi connectivity index (χ0v) is 23.8. The van der Waals surface area contributed by atoms with Crippen LogP contribution >= 0.6 is 0 Å². The lowest BCUT2D eigenvalue weighted by molar-refractivity contribution is 1.54. The molecule has 0 radical (unpaired) electrons. The molecule has 7 aromatic carbocycles. The number of nitrogen functional groups attached to an aromatic ring is 1. The van der Waals surface area contributed by atoms with Crippen molar-refractivity contribution in [3.63, 3.8) is 0 Å². The Morgan fingerprint density at radius 3 is 0.628 bits per heavy atom. The minimum Gasteiger partial charge on any atom is -0.399 e. The van der Waals surface area contributed by atoms with Crippen molar-refractivity contribution in [3.05, 3.63) is 176 Å². The summed E-state index contributed by atoms with van der Waals surface area (Å²) >= 11 is 0. The van der Waals surface area contributed by atoms with Crippen LogP contribution in [0.1, 0.15) is 0 Å². The minimum absolute atomic E-state index is 0.741. The molecule has 0 unspecified atom stereocenters. The van der Waals surface area contributed by atoms with Gasteiger partial charge in [-0.25, -0.2) is 0 Å². The molecule has 0 aromatic heterocycles. The monoisotopic (exact) mass is 549 g/mol. The fourth-order valence-electron chi connectivity index (χ4n) is 5.76. The molecule has 1 nitrogen and oxygen atoms in total. The lowest BCUT2D eigenvalue weighted by Crippen LogP contribution is -1.92. The molecular weight excluding hydrogens is 518 g/mol. The van der Waals surface area contributed by atoms with E-state index >= 15 is 0 Å². The van der Waals surface area contributed by atoms with E-state index in [-0.39, 0.29) is 0 Å². The second kappa shape index (κ2) is 11.7. The molecule has 0 saturated carbocycles. The van der Waals surface area contributed by atoms with Crippen LogP contribution < -0.4 is 5.73 Å². The van der Waals surface area contributed by atoms with Crippen molar-refractivity contribution in [1.29, 1.82) is 0 Å². The first-order chi connectivity index (χ1) is 21.2. The molecule has 0 aliphatic carbocycles. The predicted octanol–water partition coefficient (Wildman–Crippen LogP) is 11.3. The fourth-order valence-corrected chi connectivity index (χ4v) is 5.76. The van der Waals surface area contributed by atoms with Crippen LogP contribution in [0.15, 0.2) is 176 Å². The maximum atomic E-state index is 6.63. The van der Waals surface area contributed by atoms with Crippen molar-refractivity contribution in [2.75, 3.05) is 5.73 Å². The molecule has 0 spiro atoms. The number of benzene rings is 7. The molecule has 0 bridgehead atoms. The molecule has 204 valence electrons. The molecule has 43 heavy (non-hydrogen) atoms. The largest absolute Gasteiger partial charge is 0.399 e. The van der Waals surface area contributed by atoms with E-state index < -0.39 is 0 Å². The van der Waals surface area contributed by atoms with E-state index in [4.69, 9.17) is 5.73 Å². The maximum Gasteiger partial charge on any atom is 0.0326 e. The molecule has 7 aromatic rings. The van der Waals surface area contributed by atoms with Gasteiger partial charge in [-0.1, -0.05) is 121 Å². The average molecular weight is 550 g/mol. The van der Waals surface area contributed by atoms with Crippen molar-refractivity contribution in [2.45, 2.75) is 0 Å². The van der Waals surface area contributed by atoms with Crippen LogP contribution in [0.25, 0.3) is 66.8 Å². The first-order valence-electron chi connectivity index (χ1n) is 14.6. The van der Waals surface area contributed by atoms with Gasteiger partial charge < -0.3 is 5.73 Å². The maximum absolute atomic E-state index is 6.63. The zero-order valence-electron chi connectivity index (χ0n) is 23.8. The Labute approximate surface area is 253 Å². The number of nitrogens with two attached hydrogens (primary N) is 1. The summed E-state index contributed by atoms with van der Waals surface area (Å²) in [5.74, 6) is 0. The van der Waals surface area contributed by atoms with E-state index in [9.17, 15) is 0 Å². The zero-order chi connectivity index (χ0) is 29.0. The van der Waals surface area contributed by atoms with E-state index in [1.165, 1.54) is 44.5 Å². The van der Waals surface area contributed by atoms with E-state index in [0.29, 0.717) is 0 Å². The number of anilines is 1. The van der Waals surface area contributed by atoms with Crippen molar-refractivity contribution >= 4 is 5.69 Å². The summed E-state index contributed by atoms with van der Waals surface area (Å²) in [6.45, 7) is 0. The van der Waals surface area contributed by atoms with Gasteiger partial charge in [-0.2, -0.15) is 0 Å². The summed E-state index contributed by atoms with van der Waals surface area (Å²) in [5, 5.41) is 0. The van der Waals surface area contributed by atoms with E-state index in [0.717, 1.165) is 27.9 Å². The molecule has 0 amide bonds. The van der Waals surface area contributed by atoms with Gasteiger partial charge in [0.2, 0.25) is 0 Å². The first-order valence-corrected chi connectivity index (χ1v) is 14.6. The lowest BCUT2D eigenvalue weighted by Gasteiger charge is -2.15. The third-order valence-electron chi connectivity index (χ3n) is 7.92.